The molecule has 1 rings (SSSR count). The summed E-state index contributed by atoms with van der Waals surface area (Å²) in [6.45, 7) is 0. The smallest absolute Gasteiger partial charge is 0.251 e. The molecule has 0 saturated heterocycles. The molecular formula is C8H6Cl2NO. The number of halogens is 2. The molecule has 0 heterocycles. The molecular weight excluding hydrogens is 197 g/mol. The van der Waals surface area contributed by atoms with Crippen LogP contribution in [0.4, 0.5) is 0 Å². The molecule has 0 atom stereocenters. The second-order valence-electron chi connectivity index (χ2n) is 2.16. The van der Waals surface area contributed by atoms with Crippen LogP contribution in [0, 0.1) is 7.05 Å². The van der Waals surface area contributed by atoms with Crippen molar-refractivity contribution in [2.75, 3.05) is 0 Å². The van der Waals surface area contributed by atoms with Crippen molar-refractivity contribution in [3.63, 3.8) is 0 Å². The van der Waals surface area contributed by atoms with Crippen molar-refractivity contribution in [1.82, 2.24) is 5.32 Å². The highest BCUT2D eigenvalue weighted by atomic mass is 35.5. The van der Waals surface area contributed by atoms with E-state index in [-0.39, 0.29) is 5.91 Å². The van der Waals surface area contributed by atoms with Crippen molar-refractivity contribution < 1.29 is 4.79 Å². The Hall–Kier alpha value is -0.730. The van der Waals surface area contributed by atoms with E-state index in [0.717, 1.165) is 0 Å². The fourth-order valence-electron chi connectivity index (χ4n) is 0.787. The van der Waals surface area contributed by atoms with E-state index in [1.54, 1.807) is 6.07 Å². The topological polar surface area (TPSA) is 29.1 Å². The maximum absolute atomic E-state index is 11.0. The molecule has 0 aromatic heterocycles. The minimum Gasteiger partial charge on any atom is -0.350 e. The molecule has 0 fully saturated rings. The summed E-state index contributed by atoms with van der Waals surface area (Å²) in [5.74, 6) is -0.306. The van der Waals surface area contributed by atoms with Gasteiger partial charge in [0.2, 0.25) is 0 Å². The van der Waals surface area contributed by atoms with E-state index in [0.29, 0.717) is 15.6 Å². The number of rotatable bonds is 1. The van der Waals surface area contributed by atoms with Crippen LogP contribution in [0.15, 0.2) is 18.2 Å². The molecule has 1 amide bonds. The van der Waals surface area contributed by atoms with Gasteiger partial charge in [0.1, 0.15) is 0 Å². The SMILES string of the molecule is [CH2]NC(=O)c1cc(Cl)cc(Cl)c1. The van der Waals surface area contributed by atoms with E-state index in [2.05, 4.69) is 12.4 Å². The quantitative estimate of drug-likeness (QED) is 0.746. The maximum atomic E-state index is 11.0. The zero-order valence-corrected chi connectivity index (χ0v) is 7.62. The van der Waals surface area contributed by atoms with Crippen LogP contribution in [-0.4, -0.2) is 5.91 Å². The Morgan fingerprint density at radius 3 is 2.17 bits per heavy atom. The molecule has 2 nitrogen and oxygen atoms in total. The molecule has 1 aromatic rings. The third-order valence-electron chi connectivity index (χ3n) is 1.29. The summed E-state index contributed by atoms with van der Waals surface area (Å²) in [6.07, 6.45) is 0. The zero-order valence-electron chi connectivity index (χ0n) is 6.10. The van der Waals surface area contributed by atoms with Crippen molar-refractivity contribution >= 4 is 29.1 Å². The molecule has 0 spiro atoms. The summed E-state index contributed by atoms with van der Waals surface area (Å²) in [5, 5.41) is 3.09. The molecule has 1 aromatic carbocycles. The Kier molecular flexibility index (Phi) is 2.95. The van der Waals surface area contributed by atoms with Crippen molar-refractivity contribution in [3.05, 3.63) is 40.9 Å². The lowest BCUT2D eigenvalue weighted by Crippen LogP contribution is -2.15. The highest BCUT2D eigenvalue weighted by Crippen LogP contribution is 2.18. The normalized spacial score (nSPS) is 9.58. The van der Waals surface area contributed by atoms with E-state index < -0.39 is 0 Å². The van der Waals surface area contributed by atoms with Gasteiger partial charge in [0.05, 0.1) is 0 Å². The van der Waals surface area contributed by atoms with Gasteiger partial charge < -0.3 is 5.32 Å². The predicted molar refractivity (Wildman–Crippen MR) is 49.3 cm³/mol. The average Bonchev–Trinajstić information content (AvgIpc) is 2.01. The second kappa shape index (κ2) is 3.78. The molecule has 0 aliphatic carbocycles. The lowest BCUT2D eigenvalue weighted by molar-refractivity contribution is 0.0969. The highest BCUT2D eigenvalue weighted by molar-refractivity contribution is 6.35. The minimum absolute atomic E-state index is 0.306. The van der Waals surface area contributed by atoms with Gasteiger partial charge in [0, 0.05) is 22.7 Å². The Labute approximate surface area is 80.5 Å². The Balaban J connectivity index is 3.08. The number of hydrogen-bond donors (Lipinski definition) is 1. The fourth-order valence-corrected chi connectivity index (χ4v) is 1.31. The average molecular weight is 203 g/mol. The van der Waals surface area contributed by atoms with Gasteiger partial charge >= 0.3 is 0 Å². The van der Waals surface area contributed by atoms with Crippen LogP contribution in [0.3, 0.4) is 0 Å². The highest BCUT2D eigenvalue weighted by Gasteiger charge is 2.04. The number of carbonyl (C=O) groups excluding carboxylic acids is 1. The summed E-state index contributed by atoms with van der Waals surface area (Å²) in [4.78, 5) is 11.0. The molecule has 1 N–H and O–H groups in total. The van der Waals surface area contributed by atoms with E-state index in [1.807, 2.05) is 0 Å². The van der Waals surface area contributed by atoms with E-state index in [4.69, 9.17) is 23.2 Å². The third kappa shape index (κ3) is 2.13. The Bertz CT molecular complexity index is 292. The van der Waals surface area contributed by atoms with Gasteiger partial charge in [0.15, 0.2) is 0 Å². The lowest BCUT2D eigenvalue weighted by Gasteiger charge is -2.00. The fraction of sp³-hybridized carbons (Fsp3) is 0. The number of nitrogens with one attached hydrogen (secondary N) is 1. The minimum atomic E-state index is -0.306. The Morgan fingerprint density at radius 2 is 1.75 bits per heavy atom. The number of hydrogen-bond acceptors (Lipinski definition) is 1. The summed E-state index contributed by atoms with van der Waals surface area (Å²) < 4.78 is 0. The monoisotopic (exact) mass is 202 g/mol. The van der Waals surface area contributed by atoms with Gasteiger partial charge in [-0.3, -0.25) is 4.79 Å². The predicted octanol–water partition coefficient (Wildman–Crippen LogP) is 2.51. The molecule has 0 aliphatic rings. The first-order valence-corrected chi connectivity index (χ1v) is 3.92. The Morgan fingerprint density at radius 1 is 1.25 bits per heavy atom. The van der Waals surface area contributed by atoms with Crippen LogP contribution < -0.4 is 5.32 Å². The molecule has 1 radical (unpaired) electrons. The third-order valence-corrected chi connectivity index (χ3v) is 1.72. The van der Waals surface area contributed by atoms with E-state index in [9.17, 15) is 4.79 Å². The van der Waals surface area contributed by atoms with Crippen LogP contribution in [-0.2, 0) is 0 Å². The summed E-state index contributed by atoms with van der Waals surface area (Å²) in [5.41, 5.74) is 0.405. The largest absolute Gasteiger partial charge is 0.350 e. The molecule has 63 valence electrons. The molecule has 0 saturated carbocycles. The number of benzene rings is 1. The summed E-state index contributed by atoms with van der Waals surface area (Å²) in [6, 6.07) is 4.60. The molecule has 12 heavy (non-hydrogen) atoms. The summed E-state index contributed by atoms with van der Waals surface area (Å²) in [7, 11) is 3.24. The van der Waals surface area contributed by atoms with Gasteiger partial charge in [-0.2, -0.15) is 0 Å². The second-order valence-corrected chi connectivity index (χ2v) is 3.04. The van der Waals surface area contributed by atoms with Crippen LogP contribution in [0.5, 0.6) is 0 Å². The first-order valence-electron chi connectivity index (χ1n) is 3.17. The van der Waals surface area contributed by atoms with Crippen molar-refractivity contribution in [2.45, 2.75) is 0 Å². The van der Waals surface area contributed by atoms with Crippen molar-refractivity contribution in [1.29, 1.82) is 0 Å². The standard InChI is InChI=1S/C8H6Cl2NO/c1-11-8(12)5-2-6(9)4-7(10)3-5/h2-4H,1H2,(H,11,12). The zero-order chi connectivity index (χ0) is 9.14. The van der Waals surface area contributed by atoms with Gasteiger partial charge in [-0.15, -0.1) is 0 Å². The van der Waals surface area contributed by atoms with Crippen molar-refractivity contribution in [2.24, 2.45) is 0 Å². The van der Waals surface area contributed by atoms with Crippen LogP contribution in [0.2, 0.25) is 10.0 Å². The van der Waals surface area contributed by atoms with Gasteiger partial charge in [-0.05, 0) is 18.2 Å². The maximum Gasteiger partial charge on any atom is 0.251 e. The first-order chi connectivity index (χ1) is 5.63. The van der Waals surface area contributed by atoms with Crippen LogP contribution in [0.1, 0.15) is 10.4 Å². The lowest BCUT2D eigenvalue weighted by atomic mass is 10.2. The van der Waals surface area contributed by atoms with Gasteiger partial charge in [0.25, 0.3) is 5.91 Å². The van der Waals surface area contributed by atoms with E-state index in [1.165, 1.54) is 12.1 Å². The molecule has 0 aliphatic heterocycles. The molecule has 4 heteroatoms. The first kappa shape index (κ1) is 9.36. The van der Waals surface area contributed by atoms with Crippen LogP contribution >= 0.6 is 23.2 Å². The molecule has 0 unspecified atom stereocenters. The van der Waals surface area contributed by atoms with Crippen LogP contribution in [0.25, 0.3) is 0 Å². The number of amides is 1. The summed E-state index contributed by atoms with van der Waals surface area (Å²) >= 11 is 11.3. The molecule has 0 bridgehead atoms. The number of carbonyl (C=O) groups is 1. The van der Waals surface area contributed by atoms with Gasteiger partial charge in [-0.1, -0.05) is 23.2 Å². The van der Waals surface area contributed by atoms with Crippen molar-refractivity contribution in [3.8, 4) is 0 Å². The van der Waals surface area contributed by atoms with Gasteiger partial charge in [-0.25, -0.2) is 0 Å². The van der Waals surface area contributed by atoms with E-state index >= 15 is 0 Å².